The van der Waals surface area contributed by atoms with Crippen LogP contribution < -0.4 is 5.56 Å². The van der Waals surface area contributed by atoms with E-state index in [0.717, 1.165) is 33.6 Å². The van der Waals surface area contributed by atoms with Gasteiger partial charge in [-0.25, -0.2) is 4.98 Å². The maximum Gasteiger partial charge on any atom is 0.262 e. The van der Waals surface area contributed by atoms with Gasteiger partial charge in [0.15, 0.2) is 0 Å². The molecule has 1 aliphatic rings. The van der Waals surface area contributed by atoms with Crippen LogP contribution in [0.3, 0.4) is 0 Å². The van der Waals surface area contributed by atoms with Crippen molar-refractivity contribution >= 4 is 39.1 Å². The zero-order valence-corrected chi connectivity index (χ0v) is 18.0. The van der Waals surface area contributed by atoms with Gasteiger partial charge in [0.2, 0.25) is 5.91 Å². The first kappa shape index (κ1) is 20.3. The molecule has 3 heterocycles. The molecule has 27 heavy (non-hydrogen) atoms. The van der Waals surface area contributed by atoms with Crippen LogP contribution >= 0.6 is 22.9 Å². The highest BCUT2D eigenvalue weighted by atomic mass is 35.5. The number of alkyl halides is 1. The topological polar surface area (TPSA) is 58.4 Å². The number of hydrogen-bond acceptors (Lipinski definition) is 5. The molecule has 8 heteroatoms. The molecule has 1 amide bonds. The smallest absolute Gasteiger partial charge is 0.262 e. The Morgan fingerprint density at radius 1 is 1.41 bits per heavy atom. The molecule has 1 aliphatic heterocycles. The molecule has 0 aromatic carbocycles. The third-order valence-corrected chi connectivity index (χ3v) is 6.82. The fourth-order valence-electron chi connectivity index (χ4n) is 3.39. The van der Waals surface area contributed by atoms with Crippen LogP contribution in [0.5, 0.6) is 0 Å². The van der Waals surface area contributed by atoms with E-state index in [-0.39, 0.29) is 11.5 Å². The van der Waals surface area contributed by atoms with Crippen molar-refractivity contribution in [3.05, 3.63) is 27.1 Å². The molecule has 0 spiro atoms. The van der Waals surface area contributed by atoms with E-state index in [1.54, 1.807) is 10.9 Å². The Labute approximate surface area is 168 Å². The van der Waals surface area contributed by atoms with Crippen LogP contribution in [0.1, 0.15) is 30.7 Å². The Balaban J connectivity index is 1.87. The van der Waals surface area contributed by atoms with Crippen molar-refractivity contribution in [2.45, 2.75) is 39.8 Å². The number of thiophene rings is 1. The highest BCUT2D eigenvalue weighted by Gasteiger charge is 2.34. The summed E-state index contributed by atoms with van der Waals surface area (Å²) in [5, 5.41) is 0.742. The lowest BCUT2D eigenvalue weighted by Crippen LogP contribution is -2.44. The lowest BCUT2D eigenvalue weighted by molar-refractivity contribution is -0.140. The van der Waals surface area contributed by atoms with Gasteiger partial charge in [0.1, 0.15) is 4.83 Å². The Bertz CT molecular complexity index is 903. The van der Waals surface area contributed by atoms with Gasteiger partial charge in [0.05, 0.1) is 23.7 Å². The highest BCUT2D eigenvalue weighted by Crippen LogP contribution is 2.34. The normalized spacial score (nSPS) is 14.8. The Morgan fingerprint density at radius 2 is 2.15 bits per heavy atom. The van der Waals surface area contributed by atoms with Crippen molar-refractivity contribution in [1.82, 2.24) is 19.4 Å². The molecule has 0 atom stereocenters. The number of fused-ring (bicyclic) bond motifs is 3. The van der Waals surface area contributed by atoms with E-state index < -0.39 is 5.41 Å². The average Bonchev–Trinajstić information content (AvgIpc) is 3.01. The fourth-order valence-corrected chi connectivity index (χ4v) is 4.70. The SMILES string of the molecule is CN(C)CCCn1cnc2sc3c(c2c1=O)CCN(C(=O)C(C)(C)CCl)C3. The predicted molar refractivity (Wildman–Crippen MR) is 111 cm³/mol. The molecule has 0 N–H and O–H groups in total. The average molecular weight is 411 g/mol. The summed E-state index contributed by atoms with van der Waals surface area (Å²) in [4.78, 5) is 36.0. The fraction of sp³-hybridized carbons (Fsp3) is 0.632. The van der Waals surface area contributed by atoms with E-state index >= 15 is 0 Å². The maximum atomic E-state index is 13.0. The van der Waals surface area contributed by atoms with Gasteiger partial charge < -0.3 is 9.80 Å². The molecule has 148 valence electrons. The summed E-state index contributed by atoms with van der Waals surface area (Å²) in [7, 11) is 4.05. The number of hydrogen-bond donors (Lipinski definition) is 0. The van der Waals surface area contributed by atoms with Gasteiger partial charge in [-0.2, -0.15) is 0 Å². The van der Waals surface area contributed by atoms with Crippen molar-refractivity contribution < 1.29 is 4.79 Å². The van der Waals surface area contributed by atoms with E-state index in [1.807, 2.05) is 32.8 Å². The van der Waals surface area contributed by atoms with Gasteiger partial charge >= 0.3 is 0 Å². The third kappa shape index (κ3) is 4.05. The summed E-state index contributed by atoms with van der Waals surface area (Å²) in [6.45, 7) is 6.49. The molecular weight excluding hydrogens is 384 g/mol. The van der Waals surface area contributed by atoms with Crippen molar-refractivity contribution in [3.63, 3.8) is 0 Å². The standard InChI is InChI=1S/C19H27ClN4O2S/c1-19(2,11-20)18(26)23-9-6-13-14(10-23)27-16-15(13)17(25)24(12-21-16)8-5-7-22(3)4/h12H,5-11H2,1-4H3. The molecule has 0 aliphatic carbocycles. The van der Waals surface area contributed by atoms with E-state index in [2.05, 4.69) is 9.88 Å². The first-order valence-corrected chi connectivity index (χ1v) is 10.6. The number of halogens is 1. The highest BCUT2D eigenvalue weighted by molar-refractivity contribution is 7.18. The minimum absolute atomic E-state index is 0.0390. The van der Waals surface area contributed by atoms with E-state index in [4.69, 9.17) is 11.6 Å². The van der Waals surface area contributed by atoms with Crippen molar-refractivity contribution in [3.8, 4) is 0 Å². The monoisotopic (exact) mass is 410 g/mol. The molecule has 0 saturated heterocycles. The minimum atomic E-state index is -0.576. The van der Waals surface area contributed by atoms with Crippen LogP contribution in [0.4, 0.5) is 0 Å². The molecule has 0 radical (unpaired) electrons. The van der Waals surface area contributed by atoms with Crippen LogP contribution in [-0.4, -0.2) is 58.3 Å². The summed E-state index contributed by atoms with van der Waals surface area (Å²) in [5.74, 6) is 0.357. The van der Waals surface area contributed by atoms with Gasteiger partial charge in [-0.1, -0.05) is 0 Å². The van der Waals surface area contributed by atoms with Crippen LogP contribution in [-0.2, 0) is 24.3 Å². The minimum Gasteiger partial charge on any atom is -0.337 e. The quantitative estimate of drug-likeness (QED) is 0.687. The summed E-state index contributed by atoms with van der Waals surface area (Å²) >= 11 is 7.50. The number of rotatable bonds is 6. The third-order valence-electron chi connectivity index (χ3n) is 5.03. The molecular formula is C19H27ClN4O2S. The second-order valence-corrected chi connectivity index (χ2v) is 9.43. The molecule has 6 nitrogen and oxygen atoms in total. The number of aromatic nitrogens is 2. The van der Waals surface area contributed by atoms with E-state index in [1.165, 1.54) is 11.3 Å². The van der Waals surface area contributed by atoms with Gasteiger partial charge in [0, 0.05) is 23.8 Å². The second kappa shape index (κ2) is 7.89. The molecule has 0 saturated carbocycles. The lowest BCUT2D eigenvalue weighted by Gasteiger charge is -2.33. The molecule has 0 bridgehead atoms. The van der Waals surface area contributed by atoms with Crippen molar-refractivity contribution in [1.29, 1.82) is 0 Å². The Morgan fingerprint density at radius 3 is 2.81 bits per heavy atom. The Hall–Kier alpha value is -1.44. The Kier molecular flexibility index (Phi) is 5.93. The van der Waals surface area contributed by atoms with Crippen molar-refractivity contribution in [2.75, 3.05) is 33.1 Å². The number of carbonyl (C=O) groups is 1. The predicted octanol–water partition coefficient (Wildman–Crippen LogP) is 2.56. The summed E-state index contributed by atoms with van der Waals surface area (Å²) in [5.41, 5.74) is 0.534. The number of nitrogens with zero attached hydrogens (tertiary/aromatic N) is 4. The number of carbonyl (C=O) groups excluding carboxylic acids is 1. The summed E-state index contributed by atoms with van der Waals surface area (Å²) in [6, 6.07) is 0. The molecule has 3 rings (SSSR count). The second-order valence-electron chi connectivity index (χ2n) is 8.08. The van der Waals surface area contributed by atoms with E-state index in [0.29, 0.717) is 31.9 Å². The van der Waals surface area contributed by atoms with Gasteiger partial charge in [-0.15, -0.1) is 22.9 Å². The molecule has 0 unspecified atom stereocenters. The zero-order chi connectivity index (χ0) is 19.8. The lowest BCUT2D eigenvalue weighted by atomic mass is 9.93. The van der Waals surface area contributed by atoms with Crippen LogP contribution in [0.25, 0.3) is 10.2 Å². The van der Waals surface area contributed by atoms with Crippen LogP contribution in [0.2, 0.25) is 0 Å². The van der Waals surface area contributed by atoms with Gasteiger partial charge in [0.25, 0.3) is 5.56 Å². The maximum absolute atomic E-state index is 13.0. The van der Waals surface area contributed by atoms with Gasteiger partial charge in [-0.3, -0.25) is 14.2 Å². The summed E-state index contributed by atoms with van der Waals surface area (Å²) < 4.78 is 1.72. The zero-order valence-electron chi connectivity index (χ0n) is 16.4. The molecule has 2 aromatic heterocycles. The molecule has 2 aromatic rings. The number of amides is 1. The van der Waals surface area contributed by atoms with Crippen molar-refractivity contribution in [2.24, 2.45) is 5.41 Å². The largest absolute Gasteiger partial charge is 0.337 e. The van der Waals surface area contributed by atoms with Crippen LogP contribution in [0, 0.1) is 5.41 Å². The number of aryl methyl sites for hydroxylation is 1. The first-order chi connectivity index (χ1) is 12.7. The van der Waals surface area contributed by atoms with E-state index in [9.17, 15) is 9.59 Å². The summed E-state index contributed by atoms with van der Waals surface area (Å²) in [6.07, 6.45) is 3.25. The molecule has 0 fully saturated rings. The van der Waals surface area contributed by atoms with Gasteiger partial charge in [-0.05, 0) is 52.9 Å². The first-order valence-electron chi connectivity index (χ1n) is 9.24. The van der Waals surface area contributed by atoms with Crippen LogP contribution in [0.15, 0.2) is 11.1 Å².